The number of hydrogen-bond donors (Lipinski definition) is 1. The van der Waals surface area contributed by atoms with E-state index in [1.165, 1.54) is 19.3 Å². The van der Waals surface area contributed by atoms with Crippen LogP contribution in [0, 0.1) is 16.7 Å². The maximum absolute atomic E-state index is 11.1. The summed E-state index contributed by atoms with van der Waals surface area (Å²) < 4.78 is 11.1. The maximum Gasteiger partial charge on any atom is 0.0357 e. The van der Waals surface area contributed by atoms with Crippen molar-refractivity contribution in [3.63, 3.8) is 0 Å². The molecule has 2 saturated carbocycles. The van der Waals surface area contributed by atoms with Crippen LogP contribution in [0.5, 0.6) is 0 Å². The van der Waals surface area contributed by atoms with Gasteiger partial charge in [0.05, 0.1) is 0 Å². The van der Waals surface area contributed by atoms with Crippen molar-refractivity contribution in [2.75, 3.05) is 18.6 Å². The van der Waals surface area contributed by atoms with Gasteiger partial charge in [0, 0.05) is 35.4 Å². The van der Waals surface area contributed by atoms with Gasteiger partial charge in [-0.1, -0.05) is 20.8 Å². The van der Waals surface area contributed by atoms with E-state index in [1.807, 2.05) is 0 Å². The summed E-state index contributed by atoms with van der Waals surface area (Å²) in [5.74, 6) is 1.68. The minimum Gasteiger partial charge on any atom is -0.312 e. The van der Waals surface area contributed by atoms with E-state index >= 15 is 0 Å². The predicted octanol–water partition coefficient (Wildman–Crippen LogP) is 2.17. The Balaban J connectivity index is 1.96. The Bertz CT molecular complexity index is 302. The van der Waals surface area contributed by atoms with Crippen molar-refractivity contribution < 1.29 is 4.21 Å². The number of fused-ring (bicyclic) bond motifs is 2. The fourth-order valence-corrected chi connectivity index (χ4v) is 4.29. The molecule has 2 rings (SSSR count). The van der Waals surface area contributed by atoms with Crippen molar-refractivity contribution in [3.05, 3.63) is 0 Å². The van der Waals surface area contributed by atoms with E-state index in [9.17, 15) is 4.21 Å². The predicted molar refractivity (Wildman–Crippen MR) is 70.0 cm³/mol. The Morgan fingerprint density at radius 3 is 2.50 bits per heavy atom. The smallest absolute Gasteiger partial charge is 0.0357 e. The first-order valence-corrected chi connectivity index (χ1v) is 8.14. The summed E-state index contributed by atoms with van der Waals surface area (Å²) >= 11 is 0. The second kappa shape index (κ2) is 4.09. The van der Waals surface area contributed by atoms with E-state index < -0.39 is 10.8 Å². The highest BCUT2D eigenvalue weighted by atomic mass is 32.2. The first-order chi connectivity index (χ1) is 7.38. The van der Waals surface area contributed by atoms with Crippen molar-refractivity contribution in [2.24, 2.45) is 16.7 Å². The Morgan fingerprint density at radius 2 is 2.06 bits per heavy atom. The highest BCUT2D eigenvalue weighted by Gasteiger charge is 2.60. The minimum absolute atomic E-state index is 0.451. The SMILES string of the molecule is CS(=O)CCNC1C[C@@H]2CC[C@@]1(C)C2(C)C. The molecule has 94 valence electrons. The zero-order chi connectivity index (χ0) is 12.0. The van der Waals surface area contributed by atoms with Crippen LogP contribution >= 0.6 is 0 Å². The molecule has 2 fully saturated rings. The first-order valence-electron chi connectivity index (χ1n) is 6.41. The largest absolute Gasteiger partial charge is 0.312 e. The molecule has 2 nitrogen and oxygen atoms in total. The molecule has 1 N–H and O–H groups in total. The van der Waals surface area contributed by atoms with Gasteiger partial charge in [0.25, 0.3) is 0 Å². The van der Waals surface area contributed by atoms with Crippen molar-refractivity contribution in [3.8, 4) is 0 Å². The Labute approximate surface area is 102 Å². The lowest BCUT2D eigenvalue weighted by Crippen LogP contribution is -2.45. The van der Waals surface area contributed by atoms with Gasteiger partial charge in [0.2, 0.25) is 0 Å². The van der Waals surface area contributed by atoms with Crippen LogP contribution in [0.4, 0.5) is 0 Å². The van der Waals surface area contributed by atoms with E-state index in [-0.39, 0.29) is 0 Å². The van der Waals surface area contributed by atoms with Gasteiger partial charge in [-0.2, -0.15) is 0 Å². The summed E-state index contributed by atoms with van der Waals surface area (Å²) in [5.41, 5.74) is 0.933. The van der Waals surface area contributed by atoms with Crippen molar-refractivity contribution >= 4 is 10.8 Å². The Kier molecular flexibility index (Phi) is 3.21. The third kappa shape index (κ3) is 1.76. The molecule has 2 unspecified atom stereocenters. The monoisotopic (exact) mass is 243 g/mol. The molecular formula is C13H25NOS. The molecule has 0 aromatic carbocycles. The van der Waals surface area contributed by atoms with E-state index in [1.54, 1.807) is 6.26 Å². The summed E-state index contributed by atoms with van der Waals surface area (Å²) in [4.78, 5) is 0. The molecule has 16 heavy (non-hydrogen) atoms. The molecule has 2 aliphatic carbocycles. The standard InChI is InChI=1S/C13H25NOS/c1-12(2)10-5-6-13(12,3)11(9-10)14-7-8-16(4)15/h10-11,14H,5-9H2,1-4H3/t10-,11?,13+,16?/m0/s1. The zero-order valence-electron chi connectivity index (χ0n) is 11.0. The topological polar surface area (TPSA) is 29.1 Å². The van der Waals surface area contributed by atoms with E-state index in [0.717, 1.165) is 18.2 Å². The van der Waals surface area contributed by atoms with Crippen LogP contribution in [0.25, 0.3) is 0 Å². The maximum atomic E-state index is 11.1. The number of nitrogens with one attached hydrogen (secondary N) is 1. The lowest BCUT2D eigenvalue weighted by molar-refractivity contribution is 0.122. The quantitative estimate of drug-likeness (QED) is 0.820. The van der Waals surface area contributed by atoms with Crippen LogP contribution < -0.4 is 5.32 Å². The lowest BCUT2D eigenvalue weighted by Gasteiger charge is -2.39. The van der Waals surface area contributed by atoms with Gasteiger partial charge >= 0.3 is 0 Å². The third-order valence-electron chi connectivity index (χ3n) is 5.57. The van der Waals surface area contributed by atoms with E-state index in [4.69, 9.17) is 0 Å². The molecule has 0 aliphatic heterocycles. The molecule has 4 atom stereocenters. The van der Waals surface area contributed by atoms with Gasteiger partial charge in [-0.25, -0.2) is 0 Å². The highest BCUT2D eigenvalue weighted by Crippen LogP contribution is 2.65. The van der Waals surface area contributed by atoms with Crippen LogP contribution in [0.15, 0.2) is 0 Å². The molecule has 0 aromatic rings. The second-order valence-electron chi connectivity index (χ2n) is 6.39. The van der Waals surface area contributed by atoms with Gasteiger partial charge in [-0.15, -0.1) is 0 Å². The lowest BCUT2D eigenvalue weighted by atomic mass is 9.69. The average Bonchev–Trinajstić information content (AvgIpc) is 2.49. The normalized spacial score (nSPS) is 42.5. The van der Waals surface area contributed by atoms with Crippen molar-refractivity contribution in [1.82, 2.24) is 5.32 Å². The van der Waals surface area contributed by atoms with Crippen LogP contribution in [0.1, 0.15) is 40.0 Å². The van der Waals surface area contributed by atoms with Gasteiger partial charge in [-0.3, -0.25) is 4.21 Å². The average molecular weight is 243 g/mol. The van der Waals surface area contributed by atoms with Crippen molar-refractivity contribution in [1.29, 1.82) is 0 Å². The summed E-state index contributed by atoms with van der Waals surface area (Å²) in [6.45, 7) is 8.22. The second-order valence-corrected chi connectivity index (χ2v) is 7.95. The van der Waals surface area contributed by atoms with Gasteiger partial charge in [0.1, 0.15) is 0 Å². The molecule has 3 heteroatoms. The highest BCUT2D eigenvalue weighted by molar-refractivity contribution is 7.84. The molecular weight excluding hydrogens is 218 g/mol. The van der Waals surface area contributed by atoms with Gasteiger partial charge < -0.3 is 5.32 Å². The fourth-order valence-electron chi connectivity index (χ4n) is 3.89. The fraction of sp³-hybridized carbons (Fsp3) is 1.00. The molecule has 0 saturated heterocycles. The van der Waals surface area contributed by atoms with Crippen molar-refractivity contribution in [2.45, 2.75) is 46.1 Å². The molecule has 0 amide bonds. The van der Waals surface area contributed by atoms with Crippen LogP contribution in [0.2, 0.25) is 0 Å². The van der Waals surface area contributed by atoms with Gasteiger partial charge in [-0.05, 0) is 36.0 Å². The van der Waals surface area contributed by atoms with E-state index in [2.05, 4.69) is 26.1 Å². The number of hydrogen-bond acceptors (Lipinski definition) is 2. The van der Waals surface area contributed by atoms with Crippen LogP contribution in [0.3, 0.4) is 0 Å². The summed E-state index contributed by atoms with van der Waals surface area (Å²) in [5, 5.41) is 3.65. The number of rotatable bonds is 4. The van der Waals surface area contributed by atoms with Crippen LogP contribution in [-0.2, 0) is 10.8 Å². The molecule has 2 aliphatic rings. The zero-order valence-corrected chi connectivity index (χ0v) is 11.8. The van der Waals surface area contributed by atoms with Gasteiger partial charge in [0.15, 0.2) is 0 Å². The summed E-state index contributed by atoms with van der Waals surface area (Å²) in [6, 6.07) is 0.643. The third-order valence-corrected chi connectivity index (χ3v) is 6.35. The van der Waals surface area contributed by atoms with E-state index in [0.29, 0.717) is 16.9 Å². The molecule has 0 aromatic heterocycles. The summed E-state index contributed by atoms with van der Waals surface area (Å²) in [7, 11) is -0.663. The first kappa shape index (κ1) is 12.6. The Hall–Kier alpha value is 0.110. The molecule has 2 bridgehead atoms. The molecule has 0 radical (unpaired) electrons. The Morgan fingerprint density at radius 1 is 1.38 bits per heavy atom. The summed E-state index contributed by atoms with van der Waals surface area (Å²) in [6.07, 6.45) is 5.87. The molecule has 0 heterocycles. The molecule has 0 spiro atoms. The minimum atomic E-state index is -0.663. The van der Waals surface area contributed by atoms with Crippen LogP contribution in [-0.4, -0.2) is 28.8 Å².